The number of aromatic nitrogens is 2. The van der Waals surface area contributed by atoms with Gasteiger partial charge in [0.1, 0.15) is 18.2 Å². The summed E-state index contributed by atoms with van der Waals surface area (Å²) in [6.07, 6.45) is 6.57. The minimum absolute atomic E-state index is 0.0677. The molecule has 22 heavy (non-hydrogen) atoms. The summed E-state index contributed by atoms with van der Waals surface area (Å²) in [7, 11) is 4.10. The molecule has 1 saturated heterocycles. The number of nitrogens with one attached hydrogen (secondary N) is 1. The normalized spacial score (nSPS) is 22.0. The first-order valence-corrected chi connectivity index (χ1v) is 8.10. The molecule has 1 aromatic rings. The fourth-order valence-electron chi connectivity index (χ4n) is 2.54. The molecule has 0 aromatic carbocycles. The molecule has 1 aliphatic rings. The Bertz CT molecular complexity index is 442. The molecule has 6 heteroatoms. The van der Waals surface area contributed by atoms with Crippen LogP contribution >= 0.6 is 0 Å². The molecule has 1 aromatic heterocycles. The van der Waals surface area contributed by atoms with E-state index >= 15 is 0 Å². The summed E-state index contributed by atoms with van der Waals surface area (Å²) in [5, 5.41) is 3.55. The lowest BCUT2D eigenvalue weighted by atomic mass is 10.1. The predicted octanol–water partition coefficient (Wildman–Crippen LogP) is 1.58. The number of hydrogen-bond donors (Lipinski definition) is 1. The van der Waals surface area contributed by atoms with Crippen molar-refractivity contribution < 1.29 is 9.47 Å². The summed E-state index contributed by atoms with van der Waals surface area (Å²) in [6.45, 7) is 5.19. The number of likely N-dealkylation sites (N-methyl/N-ethyl adjacent to an activating group) is 1. The molecule has 1 aliphatic heterocycles. The van der Waals surface area contributed by atoms with Crippen molar-refractivity contribution in [3.8, 4) is 0 Å². The van der Waals surface area contributed by atoms with Crippen LogP contribution in [0, 0.1) is 0 Å². The third kappa shape index (κ3) is 5.19. The number of ether oxygens (including phenoxy) is 2. The Hall–Kier alpha value is -1.24. The maximum absolute atomic E-state index is 6.01. The van der Waals surface area contributed by atoms with Gasteiger partial charge in [0.05, 0.1) is 19.3 Å². The Kier molecular flexibility index (Phi) is 7.02. The van der Waals surface area contributed by atoms with E-state index in [2.05, 4.69) is 27.1 Å². The number of rotatable bonds is 8. The quantitative estimate of drug-likeness (QED) is 0.787. The van der Waals surface area contributed by atoms with Crippen molar-refractivity contribution in [2.24, 2.45) is 0 Å². The van der Waals surface area contributed by atoms with Crippen LogP contribution in [0.15, 0.2) is 12.5 Å². The Balaban J connectivity index is 1.96. The minimum Gasteiger partial charge on any atom is -0.379 e. The molecule has 0 bridgehead atoms. The molecule has 0 amide bonds. The fraction of sp³-hybridized carbons (Fsp3) is 0.750. The van der Waals surface area contributed by atoms with Gasteiger partial charge in [0.15, 0.2) is 0 Å². The second-order valence-corrected chi connectivity index (χ2v) is 5.97. The average Bonchev–Trinajstić information content (AvgIpc) is 2.51. The van der Waals surface area contributed by atoms with Crippen molar-refractivity contribution >= 4 is 5.82 Å². The van der Waals surface area contributed by atoms with Gasteiger partial charge in [0, 0.05) is 24.9 Å². The second kappa shape index (κ2) is 9.02. The van der Waals surface area contributed by atoms with Gasteiger partial charge in [0.2, 0.25) is 0 Å². The molecular weight excluding hydrogens is 280 g/mol. The van der Waals surface area contributed by atoms with Crippen LogP contribution in [0.5, 0.6) is 0 Å². The van der Waals surface area contributed by atoms with E-state index in [9.17, 15) is 0 Å². The molecular formula is C16H28N4O2. The summed E-state index contributed by atoms with van der Waals surface area (Å²) in [5.41, 5.74) is 1.17. The third-order valence-electron chi connectivity index (χ3n) is 3.80. The van der Waals surface area contributed by atoms with Crippen LogP contribution in [0.1, 0.15) is 25.3 Å². The zero-order valence-electron chi connectivity index (χ0n) is 13.9. The lowest BCUT2D eigenvalue weighted by molar-refractivity contribution is -0.0592. The summed E-state index contributed by atoms with van der Waals surface area (Å²) in [5.74, 6) is 0.935. The summed E-state index contributed by atoms with van der Waals surface area (Å²) >= 11 is 0. The molecule has 0 spiro atoms. The van der Waals surface area contributed by atoms with E-state index in [1.165, 1.54) is 5.56 Å². The summed E-state index contributed by atoms with van der Waals surface area (Å²) in [6, 6.07) is 0.237. The standard InChI is InChI=1S/C16H28N4O2/c1-4-5-13-10-17-12-18-16(13)19-14-6-8-21-11-15(14)22-9-7-20(2)3/h10,12,14-15H,4-9,11H2,1-3H3,(H,17,18,19)/t14-,15-/m1/s1. The van der Waals surface area contributed by atoms with Gasteiger partial charge < -0.3 is 19.7 Å². The summed E-state index contributed by atoms with van der Waals surface area (Å²) < 4.78 is 11.6. The SMILES string of the molecule is CCCc1cncnc1N[C@@H]1CCOC[C@H]1OCCN(C)C. The van der Waals surface area contributed by atoms with E-state index in [1.807, 2.05) is 20.3 Å². The molecule has 6 nitrogen and oxygen atoms in total. The fourth-order valence-corrected chi connectivity index (χ4v) is 2.54. The van der Waals surface area contributed by atoms with Crippen molar-refractivity contribution in [3.05, 3.63) is 18.1 Å². The van der Waals surface area contributed by atoms with Gasteiger partial charge in [0.25, 0.3) is 0 Å². The molecule has 1 N–H and O–H groups in total. The van der Waals surface area contributed by atoms with Crippen molar-refractivity contribution in [3.63, 3.8) is 0 Å². The molecule has 2 rings (SSSR count). The molecule has 0 saturated carbocycles. The Morgan fingerprint density at radius 1 is 1.45 bits per heavy atom. The van der Waals surface area contributed by atoms with E-state index in [4.69, 9.17) is 9.47 Å². The van der Waals surface area contributed by atoms with Crippen LogP contribution in [0.2, 0.25) is 0 Å². The minimum atomic E-state index is 0.0677. The lowest BCUT2D eigenvalue weighted by Crippen LogP contribution is -2.44. The Morgan fingerprint density at radius 3 is 3.09 bits per heavy atom. The number of hydrogen-bond acceptors (Lipinski definition) is 6. The zero-order valence-corrected chi connectivity index (χ0v) is 13.9. The van der Waals surface area contributed by atoms with Crippen molar-refractivity contribution in [2.45, 2.75) is 38.3 Å². The van der Waals surface area contributed by atoms with E-state index in [-0.39, 0.29) is 12.1 Å². The molecule has 0 aliphatic carbocycles. The number of aryl methyl sites for hydroxylation is 1. The highest BCUT2D eigenvalue weighted by Gasteiger charge is 2.27. The third-order valence-corrected chi connectivity index (χ3v) is 3.80. The van der Waals surface area contributed by atoms with Crippen LogP contribution in [-0.4, -0.2) is 67.5 Å². The highest BCUT2D eigenvalue weighted by atomic mass is 16.5. The maximum atomic E-state index is 6.01. The van der Waals surface area contributed by atoms with Gasteiger partial charge in [-0.15, -0.1) is 0 Å². The van der Waals surface area contributed by atoms with Crippen LogP contribution in [-0.2, 0) is 15.9 Å². The monoisotopic (exact) mass is 308 g/mol. The molecule has 2 atom stereocenters. The first-order valence-electron chi connectivity index (χ1n) is 8.10. The number of anilines is 1. The highest BCUT2D eigenvalue weighted by Crippen LogP contribution is 2.19. The van der Waals surface area contributed by atoms with E-state index in [0.29, 0.717) is 13.2 Å². The van der Waals surface area contributed by atoms with Crippen molar-refractivity contribution in [1.29, 1.82) is 0 Å². The molecule has 1 fully saturated rings. The Morgan fingerprint density at radius 2 is 2.32 bits per heavy atom. The number of nitrogens with zero attached hydrogens (tertiary/aromatic N) is 3. The molecule has 2 heterocycles. The lowest BCUT2D eigenvalue weighted by Gasteiger charge is -2.33. The van der Waals surface area contributed by atoms with Crippen LogP contribution in [0.4, 0.5) is 5.82 Å². The Labute approximate surface area is 133 Å². The maximum Gasteiger partial charge on any atom is 0.132 e. The second-order valence-electron chi connectivity index (χ2n) is 5.97. The first-order chi connectivity index (χ1) is 10.7. The first kappa shape index (κ1) is 17.1. The topological polar surface area (TPSA) is 59.5 Å². The highest BCUT2D eigenvalue weighted by molar-refractivity contribution is 5.43. The van der Waals surface area contributed by atoms with Crippen LogP contribution in [0.3, 0.4) is 0 Å². The van der Waals surface area contributed by atoms with Gasteiger partial charge in [-0.3, -0.25) is 0 Å². The molecule has 0 unspecified atom stereocenters. The predicted molar refractivity (Wildman–Crippen MR) is 87.2 cm³/mol. The van der Waals surface area contributed by atoms with Crippen LogP contribution < -0.4 is 5.32 Å². The van der Waals surface area contributed by atoms with E-state index < -0.39 is 0 Å². The average molecular weight is 308 g/mol. The van der Waals surface area contributed by atoms with Crippen molar-refractivity contribution in [1.82, 2.24) is 14.9 Å². The van der Waals surface area contributed by atoms with Gasteiger partial charge >= 0.3 is 0 Å². The van der Waals surface area contributed by atoms with Gasteiger partial charge in [-0.1, -0.05) is 13.3 Å². The molecule has 124 valence electrons. The van der Waals surface area contributed by atoms with Crippen LogP contribution in [0.25, 0.3) is 0 Å². The summed E-state index contributed by atoms with van der Waals surface area (Å²) in [4.78, 5) is 10.7. The van der Waals surface area contributed by atoms with E-state index in [0.717, 1.165) is 38.2 Å². The molecule has 0 radical (unpaired) electrons. The van der Waals surface area contributed by atoms with Crippen molar-refractivity contribution in [2.75, 3.05) is 45.8 Å². The smallest absolute Gasteiger partial charge is 0.132 e. The van der Waals surface area contributed by atoms with Gasteiger partial charge in [-0.05, 0) is 26.9 Å². The van der Waals surface area contributed by atoms with E-state index in [1.54, 1.807) is 6.33 Å². The van der Waals surface area contributed by atoms with Gasteiger partial charge in [-0.2, -0.15) is 0 Å². The zero-order chi connectivity index (χ0) is 15.8. The largest absolute Gasteiger partial charge is 0.379 e. The van der Waals surface area contributed by atoms with Gasteiger partial charge in [-0.25, -0.2) is 9.97 Å².